The highest BCUT2D eigenvalue weighted by atomic mass is 79.9. The number of ether oxygens (including phenoxy) is 1. The molecule has 0 saturated heterocycles. The number of fused-ring (bicyclic) bond motifs is 1. The first-order valence-electron chi connectivity index (χ1n) is 5.15. The summed E-state index contributed by atoms with van der Waals surface area (Å²) >= 11 is 3.44. The Bertz CT molecular complexity index is 346. The lowest BCUT2D eigenvalue weighted by Gasteiger charge is -2.28. The van der Waals surface area contributed by atoms with Crippen molar-refractivity contribution in [2.24, 2.45) is 0 Å². The smallest absolute Gasteiger partial charge is 0.337 e. The van der Waals surface area contributed by atoms with Gasteiger partial charge in [-0.05, 0) is 36.8 Å². The Hall–Kier alpha value is -0.770. The van der Waals surface area contributed by atoms with E-state index in [4.69, 9.17) is 4.74 Å². The second-order valence-electron chi connectivity index (χ2n) is 3.79. The molecule has 0 radical (unpaired) electrons. The zero-order valence-electron chi connectivity index (χ0n) is 8.68. The van der Waals surface area contributed by atoms with Gasteiger partial charge < -0.3 is 10.1 Å². The molecule has 1 saturated carbocycles. The van der Waals surface area contributed by atoms with E-state index >= 15 is 0 Å². The first-order chi connectivity index (χ1) is 7.24. The molecule has 1 unspecified atom stereocenters. The third kappa shape index (κ3) is 1.95. The molecule has 82 valence electrons. The number of allylic oxidation sites excluding steroid dienone is 2. The van der Waals surface area contributed by atoms with E-state index in [-0.39, 0.29) is 10.9 Å². The number of dihydropyridines is 1. The lowest BCUT2D eigenvalue weighted by atomic mass is 9.85. The number of halogens is 1. The predicted octanol–water partition coefficient (Wildman–Crippen LogP) is 2.24. The maximum Gasteiger partial charge on any atom is 0.337 e. The fraction of sp³-hybridized carbons (Fsp3) is 0.545. The average Bonchev–Trinajstić information content (AvgIpc) is 2.28. The van der Waals surface area contributed by atoms with Crippen LogP contribution in [0.1, 0.15) is 25.7 Å². The van der Waals surface area contributed by atoms with Gasteiger partial charge in [0.1, 0.15) is 4.95 Å². The maximum absolute atomic E-state index is 11.7. The van der Waals surface area contributed by atoms with Gasteiger partial charge in [0.15, 0.2) is 0 Å². The van der Waals surface area contributed by atoms with Crippen LogP contribution in [0.3, 0.4) is 0 Å². The topological polar surface area (TPSA) is 38.3 Å². The molecule has 1 aliphatic heterocycles. The lowest BCUT2D eigenvalue weighted by Crippen LogP contribution is -2.31. The van der Waals surface area contributed by atoms with Gasteiger partial charge in [-0.15, -0.1) is 0 Å². The zero-order chi connectivity index (χ0) is 10.8. The minimum Gasteiger partial charge on any atom is -0.466 e. The van der Waals surface area contributed by atoms with Crippen molar-refractivity contribution in [2.45, 2.75) is 30.6 Å². The van der Waals surface area contributed by atoms with E-state index in [0.29, 0.717) is 0 Å². The van der Waals surface area contributed by atoms with E-state index in [0.717, 1.165) is 24.8 Å². The largest absolute Gasteiger partial charge is 0.466 e. The second-order valence-corrected chi connectivity index (χ2v) is 4.71. The molecule has 1 N–H and O–H groups in total. The summed E-state index contributed by atoms with van der Waals surface area (Å²) in [5, 5.41) is 3.14. The zero-order valence-corrected chi connectivity index (χ0v) is 10.3. The molecule has 2 rings (SSSR count). The minimum absolute atomic E-state index is 0.109. The third-order valence-electron chi connectivity index (χ3n) is 2.90. The number of alkyl halides is 1. The lowest BCUT2D eigenvalue weighted by molar-refractivity contribution is -0.136. The molecule has 1 fully saturated rings. The van der Waals surface area contributed by atoms with Gasteiger partial charge in [0, 0.05) is 6.20 Å². The number of nitrogens with one attached hydrogen (secondary N) is 1. The first kappa shape index (κ1) is 10.7. The number of carbonyl (C=O) groups is 1. The third-order valence-corrected chi connectivity index (χ3v) is 3.62. The van der Waals surface area contributed by atoms with Crippen molar-refractivity contribution in [3.63, 3.8) is 0 Å². The van der Waals surface area contributed by atoms with E-state index in [2.05, 4.69) is 21.2 Å². The van der Waals surface area contributed by atoms with Gasteiger partial charge >= 0.3 is 5.97 Å². The Kier molecular flexibility index (Phi) is 3.14. The van der Waals surface area contributed by atoms with Gasteiger partial charge in [0.25, 0.3) is 0 Å². The van der Waals surface area contributed by atoms with Gasteiger partial charge in [-0.2, -0.15) is 0 Å². The summed E-state index contributed by atoms with van der Waals surface area (Å²) in [6.07, 6.45) is 6.42. The predicted molar refractivity (Wildman–Crippen MR) is 61.4 cm³/mol. The van der Waals surface area contributed by atoms with Crippen LogP contribution in [-0.4, -0.2) is 18.0 Å². The summed E-state index contributed by atoms with van der Waals surface area (Å²) in [5.74, 6) is -0.230. The molecular weight excluding hydrogens is 258 g/mol. The SMILES string of the molecule is COC(=O)C1=C2CCCCC2=CNC1Br. The van der Waals surface area contributed by atoms with Crippen molar-refractivity contribution >= 4 is 21.9 Å². The van der Waals surface area contributed by atoms with E-state index < -0.39 is 0 Å². The Morgan fingerprint density at radius 3 is 3.00 bits per heavy atom. The molecule has 1 atom stereocenters. The van der Waals surface area contributed by atoms with Gasteiger partial charge in [0.2, 0.25) is 0 Å². The van der Waals surface area contributed by atoms with Crippen molar-refractivity contribution in [1.29, 1.82) is 0 Å². The van der Waals surface area contributed by atoms with Gasteiger partial charge in [0.05, 0.1) is 12.7 Å². The van der Waals surface area contributed by atoms with Crippen LogP contribution in [0.25, 0.3) is 0 Å². The molecule has 15 heavy (non-hydrogen) atoms. The highest BCUT2D eigenvalue weighted by molar-refractivity contribution is 9.09. The molecule has 0 amide bonds. The molecular formula is C11H14BrNO2. The van der Waals surface area contributed by atoms with Crippen LogP contribution in [0.4, 0.5) is 0 Å². The van der Waals surface area contributed by atoms with Crippen molar-refractivity contribution in [3.05, 3.63) is 22.9 Å². The van der Waals surface area contributed by atoms with Gasteiger partial charge in [-0.1, -0.05) is 15.9 Å². The van der Waals surface area contributed by atoms with Crippen LogP contribution < -0.4 is 5.32 Å². The number of hydrogen-bond donors (Lipinski definition) is 1. The summed E-state index contributed by atoms with van der Waals surface area (Å²) < 4.78 is 4.82. The summed E-state index contributed by atoms with van der Waals surface area (Å²) in [4.78, 5) is 11.5. The molecule has 0 aromatic heterocycles. The van der Waals surface area contributed by atoms with Gasteiger partial charge in [-0.25, -0.2) is 4.79 Å². The first-order valence-corrected chi connectivity index (χ1v) is 6.06. The molecule has 1 aliphatic carbocycles. The summed E-state index contributed by atoms with van der Waals surface area (Å²) in [6.45, 7) is 0. The van der Waals surface area contributed by atoms with E-state index in [9.17, 15) is 4.79 Å². The van der Waals surface area contributed by atoms with Crippen LogP contribution in [0.15, 0.2) is 22.9 Å². The number of carbonyl (C=O) groups excluding carboxylic acids is 1. The van der Waals surface area contributed by atoms with Crippen LogP contribution >= 0.6 is 15.9 Å². The molecule has 4 heteroatoms. The number of hydrogen-bond acceptors (Lipinski definition) is 3. The molecule has 3 nitrogen and oxygen atoms in total. The van der Waals surface area contributed by atoms with Crippen molar-refractivity contribution < 1.29 is 9.53 Å². The highest BCUT2D eigenvalue weighted by Gasteiger charge is 2.29. The van der Waals surface area contributed by atoms with Crippen molar-refractivity contribution in [3.8, 4) is 0 Å². The number of rotatable bonds is 1. The van der Waals surface area contributed by atoms with Crippen molar-refractivity contribution in [1.82, 2.24) is 5.32 Å². The highest BCUT2D eigenvalue weighted by Crippen LogP contribution is 2.35. The summed E-state index contributed by atoms with van der Waals surface area (Å²) in [6, 6.07) is 0. The second kappa shape index (κ2) is 4.39. The molecule has 0 aromatic carbocycles. The normalized spacial score (nSPS) is 25.2. The van der Waals surface area contributed by atoms with Crippen molar-refractivity contribution in [2.75, 3.05) is 7.11 Å². The Morgan fingerprint density at radius 2 is 2.27 bits per heavy atom. The fourth-order valence-electron chi connectivity index (χ4n) is 2.14. The van der Waals surface area contributed by atoms with E-state index in [1.54, 1.807) is 0 Å². The van der Waals surface area contributed by atoms with Gasteiger partial charge in [-0.3, -0.25) is 0 Å². The summed E-state index contributed by atoms with van der Waals surface area (Å²) in [5.41, 5.74) is 3.18. The molecule has 1 heterocycles. The minimum atomic E-state index is -0.230. The van der Waals surface area contributed by atoms with Crippen LogP contribution in [0.5, 0.6) is 0 Å². The number of methoxy groups -OCH3 is 1. The van der Waals surface area contributed by atoms with Crippen LogP contribution in [-0.2, 0) is 9.53 Å². The average molecular weight is 272 g/mol. The van der Waals surface area contributed by atoms with Crippen LogP contribution in [0.2, 0.25) is 0 Å². The molecule has 0 bridgehead atoms. The van der Waals surface area contributed by atoms with E-state index in [1.807, 2.05) is 6.20 Å². The summed E-state index contributed by atoms with van der Waals surface area (Å²) in [7, 11) is 1.43. The Morgan fingerprint density at radius 1 is 1.53 bits per heavy atom. The fourth-order valence-corrected chi connectivity index (χ4v) is 2.74. The molecule has 0 spiro atoms. The standard InChI is InChI=1S/C11H14BrNO2/c1-15-11(14)9-8-5-3-2-4-7(8)6-13-10(9)12/h6,10,13H,2-5H2,1H3. The Labute approximate surface area is 97.7 Å². The number of esters is 1. The van der Waals surface area contributed by atoms with Crippen LogP contribution in [0, 0.1) is 0 Å². The quantitative estimate of drug-likeness (QED) is 0.452. The van der Waals surface area contributed by atoms with E-state index in [1.165, 1.54) is 24.7 Å². The molecule has 0 aromatic rings. The molecule has 2 aliphatic rings. The maximum atomic E-state index is 11.7. The Balaban J connectivity index is 2.38. The monoisotopic (exact) mass is 271 g/mol.